The molecular weight excluding hydrogens is 270 g/mol. The van der Waals surface area contributed by atoms with Crippen molar-refractivity contribution in [1.29, 1.82) is 0 Å². The standard InChI is InChI=1S/C15H17N3O3/c16-14(20)15(21)5-8-18(9-6-15)13(19)11-3-1-2-10-4-7-17-12(10)11/h1-4,7,17,21H,5-6,8-9H2,(H2,16,20). The number of aromatic nitrogens is 1. The molecule has 2 aromatic rings. The SMILES string of the molecule is NC(=O)C1(O)CCN(C(=O)c2cccc3cc[nH]c23)CC1. The molecule has 3 rings (SSSR count). The van der Waals surface area contributed by atoms with Gasteiger partial charge >= 0.3 is 0 Å². The molecule has 4 N–H and O–H groups in total. The van der Waals surface area contributed by atoms with Crippen molar-refractivity contribution in [3.05, 3.63) is 36.0 Å². The van der Waals surface area contributed by atoms with Crippen molar-refractivity contribution in [2.24, 2.45) is 5.73 Å². The van der Waals surface area contributed by atoms with Gasteiger partial charge in [0, 0.05) is 37.5 Å². The molecule has 1 saturated heterocycles. The predicted molar refractivity (Wildman–Crippen MR) is 77.6 cm³/mol. The molecule has 21 heavy (non-hydrogen) atoms. The Morgan fingerprint density at radius 3 is 2.62 bits per heavy atom. The van der Waals surface area contributed by atoms with Crippen molar-refractivity contribution in [2.45, 2.75) is 18.4 Å². The van der Waals surface area contributed by atoms with Crippen LogP contribution in [0.5, 0.6) is 0 Å². The van der Waals surface area contributed by atoms with Crippen LogP contribution in [-0.4, -0.2) is 45.5 Å². The van der Waals surface area contributed by atoms with Crippen molar-refractivity contribution in [2.75, 3.05) is 13.1 Å². The second-order valence-electron chi connectivity index (χ2n) is 5.44. The van der Waals surface area contributed by atoms with E-state index in [1.165, 1.54) is 0 Å². The summed E-state index contributed by atoms with van der Waals surface area (Å²) in [5.41, 5.74) is 5.11. The second-order valence-corrected chi connectivity index (χ2v) is 5.44. The van der Waals surface area contributed by atoms with Gasteiger partial charge in [-0.15, -0.1) is 0 Å². The first kappa shape index (κ1) is 13.6. The molecule has 6 heteroatoms. The van der Waals surface area contributed by atoms with E-state index >= 15 is 0 Å². The molecule has 2 heterocycles. The Morgan fingerprint density at radius 1 is 1.24 bits per heavy atom. The molecule has 0 saturated carbocycles. The van der Waals surface area contributed by atoms with Crippen LogP contribution < -0.4 is 5.73 Å². The van der Waals surface area contributed by atoms with Gasteiger partial charge in [-0.3, -0.25) is 9.59 Å². The molecule has 110 valence electrons. The van der Waals surface area contributed by atoms with E-state index in [-0.39, 0.29) is 18.7 Å². The first-order valence-electron chi connectivity index (χ1n) is 6.89. The minimum atomic E-state index is -1.49. The molecule has 1 aliphatic rings. The Bertz CT molecular complexity index is 699. The van der Waals surface area contributed by atoms with Crippen LogP contribution in [0.4, 0.5) is 0 Å². The summed E-state index contributed by atoms with van der Waals surface area (Å²) in [5.74, 6) is -0.823. The number of piperidine rings is 1. The number of nitrogens with one attached hydrogen (secondary N) is 1. The Labute approximate surface area is 121 Å². The maximum absolute atomic E-state index is 12.6. The Balaban J connectivity index is 1.81. The number of amides is 2. The number of rotatable bonds is 2. The molecule has 0 bridgehead atoms. The number of para-hydroxylation sites is 1. The largest absolute Gasteiger partial charge is 0.380 e. The first-order valence-corrected chi connectivity index (χ1v) is 6.89. The van der Waals surface area contributed by atoms with Crippen LogP contribution in [0.3, 0.4) is 0 Å². The summed E-state index contributed by atoms with van der Waals surface area (Å²) in [7, 11) is 0. The van der Waals surface area contributed by atoms with E-state index in [1.807, 2.05) is 18.2 Å². The van der Waals surface area contributed by atoms with E-state index in [2.05, 4.69) is 4.98 Å². The number of aromatic amines is 1. The third kappa shape index (κ3) is 2.27. The number of hydrogen-bond acceptors (Lipinski definition) is 3. The van der Waals surface area contributed by atoms with E-state index < -0.39 is 11.5 Å². The highest BCUT2D eigenvalue weighted by Gasteiger charge is 2.39. The van der Waals surface area contributed by atoms with Gasteiger partial charge in [-0.05, 0) is 12.1 Å². The molecule has 0 aliphatic carbocycles. The molecule has 0 atom stereocenters. The summed E-state index contributed by atoms with van der Waals surface area (Å²) in [6.07, 6.45) is 2.15. The van der Waals surface area contributed by atoms with E-state index in [0.717, 1.165) is 10.9 Å². The Morgan fingerprint density at radius 2 is 1.95 bits per heavy atom. The van der Waals surface area contributed by atoms with Crippen LogP contribution in [0.1, 0.15) is 23.2 Å². The van der Waals surface area contributed by atoms with Gasteiger partial charge in [-0.2, -0.15) is 0 Å². The Kier molecular flexibility index (Phi) is 3.17. The lowest BCUT2D eigenvalue weighted by atomic mass is 9.90. The summed E-state index contributed by atoms with van der Waals surface area (Å²) < 4.78 is 0. The number of carbonyl (C=O) groups is 2. The van der Waals surface area contributed by atoms with Gasteiger partial charge in [0.2, 0.25) is 5.91 Å². The van der Waals surface area contributed by atoms with Crippen molar-refractivity contribution in [3.63, 3.8) is 0 Å². The lowest BCUT2D eigenvalue weighted by Gasteiger charge is -2.36. The molecule has 1 aromatic heterocycles. The highest BCUT2D eigenvalue weighted by molar-refractivity contribution is 6.05. The highest BCUT2D eigenvalue weighted by Crippen LogP contribution is 2.25. The smallest absolute Gasteiger partial charge is 0.255 e. The first-order chi connectivity index (χ1) is 10.0. The number of aliphatic hydroxyl groups is 1. The summed E-state index contributed by atoms with van der Waals surface area (Å²) in [6, 6.07) is 7.46. The fourth-order valence-corrected chi connectivity index (χ4v) is 2.76. The lowest BCUT2D eigenvalue weighted by Crippen LogP contribution is -2.53. The number of likely N-dealkylation sites (tertiary alicyclic amines) is 1. The number of nitrogens with zero attached hydrogens (tertiary/aromatic N) is 1. The van der Waals surface area contributed by atoms with Gasteiger partial charge in [-0.1, -0.05) is 12.1 Å². The lowest BCUT2D eigenvalue weighted by molar-refractivity contribution is -0.140. The molecule has 0 radical (unpaired) electrons. The predicted octanol–water partition coefficient (Wildman–Crippen LogP) is 0.620. The third-order valence-electron chi connectivity index (χ3n) is 4.15. The maximum atomic E-state index is 12.6. The highest BCUT2D eigenvalue weighted by atomic mass is 16.3. The van der Waals surface area contributed by atoms with Crippen molar-refractivity contribution >= 4 is 22.7 Å². The number of hydrogen-bond donors (Lipinski definition) is 3. The minimum absolute atomic E-state index is 0.102. The zero-order chi connectivity index (χ0) is 15.0. The number of benzene rings is 1. The number of H-pyrrole nitrogens is 1. The monoisotopic (exact) mass is 287 g/mol. The second kappa shape index (κ2) is 4.89. The zero-order valence-electron chi connectivity index (χ0n) is 11.5. The number of fused-ring (bicyclic) bond motifs is 1. The van der Waals surface area contributed by atoms with Gasteiger partial charge in [-0.25, -0.2) is 0 Å². The number of primary amides is 1. The fraction of sp³-hybridized carbons (Fsp3) is 0.333. The van der Waals surface area contributed by atoms with E-state index in [1.54, 1.807) is 17.2 Å². The maximum Gasteiger partial charge on any atom is 0.255 e. The molecule has 1 aromatic carbocycles. The summed E-state index contributed by atoms with van der Waals surface area (Å²) in [5, 5.41) is 11.0. The third-order valence-corrected chi connectivity index (χ3v) is 4.15. The molecule has 0 unspecified atom stereocenters. The van der Waals surface area contributed by atoms with Gasteiger partial charge < -0.3 is 20.7 Å². The average molecular weight is 287 g/mol. The van der Waals surface area contributed by atoms with Crippen LogP contribution in [0.15, 0.2) is 30.5 Å². The minimum Gasteiger partial charge on any atom is -0.380 e. The molecular formula is C15H17N3O3. The van der Waals surface area contributed by atoms with E-state index in [0.29, 0.717) is 18.7 Å². The number of carbonyl (C=O) groups excluding carboxylic acids is 2. The quantitative estimate of drug-likeness (QED) is 0.755. The van der Waals surface area contributed by atoms with Crippen molar-refractivity contribution < 1.29 is 14.7 Å². The molecule has 1 aliphatic heterocycles. The van der Waals surface area contributed by atoms with Crippen LogP contribution in [0.25, 0.3) is 10.9 Å². The molecule has 6 nitrogen and oxygen atoms in total. The summed E-state index contributed by atoms with van der Waals surface area (Å²) in [6.45, 7) is 0.630. The van der Waals surface area contributed by atoms with Gasteiger partial charge in [0.25, 0.3) is 5.91 Å². The zero-order valence-corrected chi connectivity index (χ0v) is 11.5. The normalized spacial score (nSPS) is 17.9. The molecule has 2 amide bonds. The van der Waals surface area contributed by atoms with Gasteiger partial charge in [0.1, 0.15) is 5.60 Å². The van der Waals surface area contributed by atoms with Crippen LogP contribution >= 0.6 is 0 Å². The average Bonchev–Trinajstić information content (AvgIpc) is 2.95. The van der Waals surface area contributed by atoms with Crippen LogP contribution in [-0.2, 0) is 4.79 Å². The van der Waals surface area contributed by atoms with Crippen LogP contribution in [0.2, 0.25) is 0 Å². The summed E-state index contributed by atoms with van der Waals surface area (Å²) >= 11 is 0. The Hall–Kier alpha value is -2.34. The van der Waals surface area contributed by atoms with Crippen LogP contribution in [0, 0.1) is 0 Å². The molecule has 0 spiro atoms. The molecule has 1 fully saturated rings. The number of nitrogens with two attached hydrogens (primary N) is 1. The van der Waals surface area contributed by atoms with Gasteiger partial charge in [0.15, 0.2) is 0 Å². The van der Waals surface area contributed by atoms with Gasteiger partial charge in [0.05, 0.1) is 11.1 Å². The summed E-state index contributed by atoms with van der Waals surface area (Å²) in [4.78, 5) is 28.5. The van der Waals surface area contributed by atoms with E-state index in [4.69, 9.17) is 5.73 Å². The van der Waals surface area contributed by atoms with Crippen molar-refractivity contribution in [3.8, 4) is 0 Å². The van der Waals surface area contributed by atoms with E-state index in [9.17, 15) is 14.7 Å². The fourth-order valence-electron chi connectivity index (χ4n) is 2.76. The van der Waals surface area contributed by atoms with Crippen molar-refractivity contribution in [1.82, 2.24) is 9.88 Å². The topological polar surface area (TPSA) is 99.4 Å².